The van der Waals surface area contributed by atoms with Gasteiger partial charge in [-0.05, 0) is 25.7 Å². The fourth-order valence-electron chi connectivity index (χ4n) is 3.95. The number of nitrogens with zero attached hydrogens (tertiary/aromatic N) is 4. The highest BCUT2D eigenvalue weighted by Crippen LogP contribution is 2.51. The largest absolute Gasteiger partial charge is 0.369 e. The molecule has 0 radical (unpaired) electrons. The van der Waals surface area contributed by atoms with E-state index in [1.54, 1.807) is 0 Å². The average molecular weight is 276 g/mol. The third kappa shape index (κ3) is 2.21. The van der Waals surface area contributed by atoms with E-state index in [0.717, 1.165) is 37.1 Å². The predicted molar refractivity (Wildman–Crippen MR) is 78.9 cm³/mol. The van der Waals surface area contributed by atoms with Gasteiger partial charge in [0, 0.05) is 35.1 Å². The van der Waals surface area contributed by atoms with E-state index in [9.17, 15) is 0 Å². The van der Waals surface area contributed by atoms with Gasteiger partial charge in [-0.25, -0.2) is 0 Å². The van der Waals surface area contributed by atoms with E-state index in [-0.39, 0.29) is 11.9 Å². The first-order valence-electron chi connectivity index (χ1n) is 6.87. The summed E-state index contributed by atoms with van der Waals surface area (Å²) in [5, 5.41) is 16.2. The van der Waals surface area contributed by atoms with Crippen LogP contribution in [-0.2, 0) is 0 Å². The molecular formula is C12H20N8. The standard InChI is InChI=1S/C12H20N8/c13-11(14)19-17-9-5-1-6-3-8(9)4-7(2-5)10(6)18-20-12(15)16/h5-8H,1-4H2,(H4,13,14,19)(H4,15,16,20). The Morgan fingerprint density at radius 1 is 0.650 bits per heavy atom. The molecule has 4 saturated carbocycles. The number of guanidine groups is 2. The van der Waals surface area contributed by atoms with Gasteiger partial charge in [0.05, 0.1) is 0 Å². The summed E-state index contributed by atoms with van der Waals surface area (Å²) in [5.74, 6) is 1.91. The summed E-state index contributed by atoms with van der Waals surface area (Å²) in [5.41, 5.74) is 23.7. The smallest absolute Gasteiger partial charge is 0.211 e. The van der Waals surface area contributed by atoms with Crippen molar-refractivity contribution in [3.05, 3.63) is 0 Å². The second-order valence-electron chi connectivity index (χ2n) is 5.83. The summed E-state index contributed by atoms with van der Waals surface area (Å²) >= 11 is 0. The molecule has 108 valence electrons. The fraction of sp³-hybridized carbons (Fsp3) is 0.667. The Kier molecular flexibility index (Phi) is 3.07. The molecule has 4 fully saturated rings. The zero-order valence-electron chi connectivity index (χ0n) is 11.2. The van der Waals surface area contributed by atoms with Gasteiger partial charge >= 0.3 is 0 Å². The molecule has 8 nitrogen and oxygen atoms in total. The average Bonchev–Trinajstić information content (AvgIpc) is 2.35. The zero-order chi connectivity index (χ0) is 14.3. The summed E-state index contributed by atoms with van der Waals surface area (Å²) in [6, 6.07) is 0. The maximum Gasteiger partial charge on any atom is 0.211 e. The van der Waals surface area contributed by atoms with Crippen molar-refractivity contribution < 1.29 is 0 Å². The van der Waals surface area contributed by atoms with E-state index in [0.29, 0.717) is 23.7 Å². The molecule has 0 heterocycles. The topological polar surface area (TPSA) is 154 Å². The molecule has 0 atom stereocenters. The van der Waals surface area contributed by atoms with Crippen LogP contribution in [-0.4, -0.2) is 23.3 Å². The number of hydrogen-bond donors (Lipinski definition) is 4. The number of hydrogen-bond acceptors (Lipinski definition) is 4. The van der Waals surface area contributed by atoms with Gasteiger partial charge < -0.3 is 22.9 Å². The molecule has 20 heavy (non-hydrogen) atoms. The lowest BCUT2D eigenvalue weighted by Crippen LogP contribution is -2.51. The van der Waals surface area contributed by atoms with Crippen LogP contribution in [0.2, 0.25) is 0 Å². The molecule has 0 aliphatic heterocycles. The first kappa shape index (κ1) is 12.9. The minimum atomic E-state index is 0.0151. The minimum absolute atomic E-state index is 0.0151. The molecular weight excluding hydrogens is 256 g/mol. The van der Waals surface area contributed by atoms with Crippen LogP contribution in [0.25, 0.3) is 0 Å². The fourth-order valence-corrected chi connectivity index (χ4v) is 3.95. The highest BCUT2D eigenvalue weighted by Gasteiger charge is 2.50. The Labute approximate surface area is 117 Å². The lowest BCUT2D eigenvalue weighted by Gasteiger charge is -2.50. The number of rotatable bonds is 2. The van der Waals surface area contributed by atoms with Gasteiger partial charge in [0.2, 0.25) is 11.9 Å². The molecule has 4 aliphatic rings. The van der Waals surface area contributed by atoms with E-state index in [4.69, 9.17) is 22.9 Å². The van der Waals surface area contributed by atoms with Crippen molar-refractivity contribution in [1.82, 2.24) is 0 Å². The third-order valence-electron chi connectivity index (χ3n) is 4.51. The van der Waals surface area contributed by atoms with Crippen LogP contribution in [0.5, 0.6) is 0 Å². The SMILES string of the molecule is NC(N)=NN=C1C2CC3CC1CC(C2)C3=NN=C(N)N. The van der Waals surface area contributed by atoms with Crippen LogP contribution >= 0.6 is 0 Å². The molecule has 8 N–H and O–H groups in total. The minimum Gasteiger partial charge on any atom is -0.369 e. The number of nitrogens with two attached hydrogens (primary N) is 4. The molecule has 0 amide bonds. The second kappa shape index (κ2) is 4.77. The van der Waals surface area contributed by atoms with Crippen molar-refractivity contribution in [3.63, 3.8) is 0 Å². The predicted octanol–water partition coefficient (Wildman–Crippen LogP) is -0.689. The first-order chi connectivity index (χ1) is 9.54. The van der Waals surface area contributed by atoms with E-state index in [1.165, 1.54) is 0 Å². The van der Waals surface area contributed by atoms with Gasteiger partial charge in [0.1, 0.15) is 0 Å². The summed E-state index contributed by atoms with van der Waals surface area (Å²) in [7, 11) is 0. The lowest BCUT2D eigenvalue weighted by molar-refractivity contribution is 0.230. The van der Waals surface area contributed by atoms with Crippen LogP contribution in [0.1, 0.15) is 25.7 Å². The normalized spacial score (nSPS) is 33.8. The highest BCUT2D eigenvalue weighted by atomic mass is 15.3. The molecule has 0 unspecified atom stereocenters. The molecule has 8 heteroatoms. The Hall–Kier alpha value is -2.12. The van der Waals surface area contributed by atoms with E-state index in [2.05, 4.69) is 20.4 Å². The molecule has 0 saturated heterocycles. The van der Waals surface area contributed by atoms with Gasteiger partial charge in [0.15, 0.2) is 0 Å². The van der Waals surface area contributed by atoms with E-state index < -0.39 is 0 Å². The Morgan fingerprint density at radius 2 is 0.950 bits per heavy atom. The van der Waals surface area contributed by atoms with Crippen molar-refractivity contribution in [2.45, 2.75) is 25.7 Å². The zero-order valence-corrected chi connectivity index (χ0v) is 11.2. The van der Waals surface area contributed by atoms with Crippen molar-refractivity contribution >= 4 is 23.3 Å². The molecule has 0 aromatic heterocycles. The molecule has 4 bridgehead atoms. The summed E-state index contributed by atoms with van der Waals surface area (Å²) < 4.78 is 0. The van der Waals surface area contributed by atoms with Crippen molar-refractivity contribution in [2.24, 2.45) is 67.0 Å². The third-order valence-corrected chi connectivity index (χ3v) is 4.51. The maximum absolute atomic E-state index is 5.35. The van der Waals surface area contributed by atoms with Crippen LogP contribution in [0.4, 0.5) is 0 Å². The monoisotopic (exact) mass is 276 g/mol. The van der Waals surface area contributed by atoms with Crippen molar-refractivity contribution in [1.29, 1.82) is 0 Å². The summed E-state index contributed by atoms with van der Waals surface area (Å²) in [4.78, 5) is 0. The van der Waals surface area contributed by atoms with Crippen LogP contribution in [0, 0.1) is 23.7 Å². The quantitative estimate of drug-likeness (QED) is 0.299. The van der Waals surface area contributed by atoms with E-state index in [1.807, 2.05) is 0 Å². The van der Waals surface area contributed by atoms with Crippen molar-refractivity contribution in [3.8, 4) is 0 Å². The summed E-state index contributed by atoms with van der Waals surface area (Å²) in [6.45, 7) is 0. The Bertz CT molecular complexity index is 444. The molecule has 4 aliphatic carbocycles. The molecule has 0 spiro atoms. The Morgan fingerprint density at radius 3 is 1.20 bits per heavy atom. The van der Waals surface area contributed by atoms with Gasteiger partial charge in [-0.2, -0.15) is 10.2 Å². The second-order valence-corrected chi connectivity index (χ2v) is 5.83. The summed E-state index contributed by atoms with van der Waals surface area (Å²) in [6.07, 6.45) is 4.19. The highest BCUT2D eigenvalue weighted by molar-refractivity contribution is 6.00. The van der Waals surface area contributed by atoms with Crippen LogP contribution in [0.3, 0.4) is 0 Å². The molecule has 0 aromatic rings. The molecule has 4 rings (SSSR count). The van der Waals surface area contributed by atoms with Gasteiger partial charge in [-0.3, -0.25) is 0 Å². The van der Waals surface area contributed by atoms with Crippen LogP contribution < -0.4 is 22.9 Å². The maximum atomic E-state index is 5.35. The lowest BCUT2D eigenvalue weighted by atomic mass is 9.54. The first-order valence-corrected chi connectivity index (χ1v) is 6.87. The van der Waals surface area contributed by atoms with E-state index >= 15 is 0 Å². The Balaban J connectivity index is 1.82. The van der Waals surface area contributed by atoms with Gasteiger partial charge in [-0.15, -0.1) is 10.2 Å². The van der Waals surface area contributed by atoms with Gasteiger partial charge in [0.25, 0.3) is 0 Å². The van der Waals surface area contributed by atoms with Gasteiger partial charge in [-0.1, -0.05) is 0 Å². The molecule has 0 aromatic carbocycles. The van der Waals surface area contributed by atoms with Crippen molar-refractivity contribution in [2.75, 3.05) is 0 Å². The van der Waals surface area contributed by atoms with Crippen LogP contribution in [0.15, 0.2) is 20.4 Å².